The summed E-state index contributed by atoms with van der Waals surface area (Å²) in [7, 11) is 1.25. The van der Waals surface area contributed by atoms with Crippen molar-refractivity contribution >= 4 is 11.9 Å². The second kappa shape index (κ2) is 4.08. The maximum Gasteiger partial charge on any atom is 0.356 e. The highest BCUT2D eigenvalue weighted by Gasteiger charge is 2.16. The van der Waals surface area contributed by atoms with E-state index in [1.807, 2.05) is 0 Å². The van der Waals surface area contributed by atoms with Crippen LogP contribution in [0.15, 0.2) is 6.07 Å². The lowest BCUT2D eigenvalue weighted by Gasteiger charge is -2.06. The molecule has 0 radical (unpaired) electrons. The summed E-state index contributed by atoms with van der Waals surface area (Å²) in [5.74, 6) is -1.62. The Morgan fingerprint density at radius 3 is 2.47 bits per heavy atom. The molecule has 0 saturated carbocycles. The summed E-state index contributed by atoms with van der Waals surface area (Å²) in [6, 6.07) is 1.41. The SMILES string of the molecule is COC(=O)c1nc(C)c(C(=O)O)cc1C. The lowest BCUT2D eigenvalue weighted by molar-refractivity contribution is 0.0590. The number of aromatic nitrogens is 1. The summed E-state index contributed by atoms with van der Waals surface area (Å²) in [6.07, 6.45) is 0. The van der Waals surface area contributed by atoms with E-state index in [0.717, 1.165) is 0 Å². The largest absolute Gasteiger partial charge is 0.478 e. The molecule has 1 rings (SSSR count). The van der Waals surface area contributed by atoms with Gasteiger partial charge in [0.15, 0.2) is 5.69 Å². The lowest BCUT2D eigenvalue weighted by Crippen LogP contribution is -2.11. The average molecular weight is 209 g/mol. The molecule has 0 aliphatic heterocycles. The molecule has 1 aromatic heterocycles. The number of aryl methyl sites for hydroxylation is 2. The molecule has 0 aliphatic carbocycles. The molecule has 1 aromatic rings. The van der Waals surface area contributed by atoms with Gasteiger partial charge < -0.3 is 9.84 Å². The number of methoxy groups -OCH3 is 1. The Hall–Kier alpha value is -1.91. The Kier molecular flexibility index (Phi) is 3.04. The third kappa shape index (κ3) is 2.12. The number of carbonyl (C=O) groups is 2. The Labute approximate surface area is 86.7 Å². The lowest BCUT2D eigenvalue weighted by atomic mass is 10.1. The van der Waals surface area contributed by atoms with Gasteiger partial charge >= 0.3 is 11.9 Å². The number of carboxylic acids is 1. The van der Waals surface area contributed by atoms with Crippen LogP contribution in [0, 0.1) is 13.8 Å². The molecule has 0 atom stereocenters. The van der Waals surface area contributed by atoms with Crippen LogP contribution in [0.5, 0.6) is 0 Å². The number of hydrogen-bond donors (Lipinski definition) is 1. The van der Waals surface area contributed by atoms with E-state index in [2.05, 4.69) is 9.72 Å². The van der Waals surface area contributed by atoms with Gasteiger partial charge in [-0.2, -0.15) is 0 Å². The van der Waals surface area contributed by atoms with Crippen molar-refractivity contribution in [3.8, 4) is 0 Å². The number of pyridine rings is 1. The van der Waals surface area contributed by atoms with E-state index < -0.39 is 11.9 Å². The van der Waals surface area contributed by atoms with Gasteiger partial charge in [-0.1, -0.05) is 0 Å². The van der Waals surface area contributed by atoms with Crippen LogP contribution in [0.3, 0.4) is 0 Å². The van der Waals surface area contributed by atoms with Crippen LogP contribution in [-0.2, 0) is 4.74 Å². The second-order valence-electron chi connectivity index (χ2n) is 3.08. The summed E-state index contributed by atoms with van der Waals surface area (Å²) in [5, 5.41) is 8.82. The Balaban J connectivity index is 3.31. The molecule has 5 heteroatoms. The molecule has 80 valence electrons. The van der Waals surface area contributed by atoms with Gasteiger partial charge in [0, 0.05) is 0 Å². The summed E-state index contributed by atoms with van der Waals surface area (Å²) in [4.78, 5) is 25.9. The number of esters is 1. The number of carbonyl (C=O) groups excluding carboxylic acids is 1. The minimum atomic E-state index is -1.06. The first kappa shape index (κ1) is 11.2. The monoisotopic (exact) mass is 209 g/mol. The highest BCUT2D eigenvalue weighted by Crippen LogP contribution is 2.13. The molecule has 1 heterocycles. The number of aromatic carboxylic acids is 1. The van der Waals surface area contributed by atoms with Crippen molar-refractivity contribution in [1.29, 1.82) is 0 Å². The van der Waals surface area contributed by atoms with E-state index in [4.69, 9.17) is 5.11 Å². The van der Waals surface area contributed by atoms with Gasteiger partial charge in [-0.25, -0.2) is 14.6 Å². The molecule has 0 fully saturated rings. The zero-order chi connectivity index (χ0) is 11.6. The molecule has 1 N–H and O–H groups in total. The molecule has 5 nitrogen and oxygen atoms in total. The van der Waals surface area contributed by atoms with Crippen molar-refractivity contribution in [1.82, 2.24) is 4.98 Å². The molecule has 0 spiro atoms. The Morgan fingerprint density at radius 2 is 2.00 bits per heavy atom. The van der Waals surface area contributed by atoms with Gasteiger partial charge in [0.05, 0.1) is 18.4 Å². The van der Waals surface area contributed by atoms with Gasteiger partial charge in [0.2, 0.25) is 0 Å². The molecule has 15 heavy (non-hydrogen) atoms. The van der Waals surface area contributed by atoms with Crippen molar-refractivity contribution < 1.29 is 19.4 Å². The van der Waals surface area contributed by atoms with Crippen LogP contribution in [-0.4, -0.2) is 29.1 Å². The highest BCUT2D eigenvalue weighted by molar-refractivity contribution is 5.93. The number of rotatable bonds is 2. The van der Waals surface area contributed by atoms with Gasteiger partial charge in [-0.3, -0.25) is 0 Å². The maximum atomic E-state index is 11.2. The topological polar surface area (TPSA) is 76.5 Å². The van der Waals surface area contributed by atoms with Crippen LogP contribution in [0.1, 0.15) is 32.1 Å². The number of ether oxygens (including phenoxy) is 1. The van der Waals surface area contributed by atoms with Crippen LogP contribution in [0.2, 0.25) is 0 Å². The van der Waals surface area contributed by atoms with Gasteiger partial charge in [0.25, 0.3) is 0 Å². The number of carboxylic acid groups (broad SMARTS) is 1. The molecule has 0 aliphatic rings. The zero-order valence-corrected chi connectivity index (χ0v) is 8.70. The van der Waals surface area contributed by atoms with Crippen molar-refractivity contribution in [2.45, 2.75) is 13.8 Å². The molecule has 0 aromatic carbocycles. The highest BCUT2D eigenvalue weighted by atomic mass is 16.5. The number of nitrogens with zero attached hydrogens (tertiary/aromatic N) is 1. The van der Waals surface area contributed by atoms with E-state index in [-0.39, 0.29) is 11.3 Å². The first-order valence-corrected chi connectivity index (χ1v) is 4.27. The standard InChI is InChI=1S/C10H11NO4/c1-5-4-7(9(12)13)6(2)11-8(5)10(14)15-3/h4H,1-3H3,(H,12,13). The van der Waals surface area contributed by atoms with Gasteiger partial charge in [0.1, 0.15) is 0 Å². The van der Waals surface area contributed by atoms with Crippen molar-refractivity contribution in [3.05, 3.63) is 28.6 Å². The van der Waals surface area contributed by atoms with Crippen molar-refractivity contribution in [2.75, 3.05) is 7.11 Å². The minimum Gasteiger partial charge on any atom is -0.478 e. The van der Waals surface area contributed by atoms with E-state index in [9.17, 15) is 9.59 Å². The second-order valence-corrected chi connectivity index (χ2v) is 3.08. The fourth-order valence-electron chi connectivity index (χ4n) is 1.23. The zero-order valence-electron chi connectivity index (χ0n) is 8.70. The van der Waals surface area contributed by atoms with Crippen LogP contribution >= 0.6 is 0 Å². The molecule has 0 amide bonds. The molecular weight excluding hydrogens is 198 g/mol. The smallest absolute Gasteiger partial charge is 0.356 e. The predicted molar refractivity (Wildman–Crippen MR) is 52.0 cm³/mol. The summed E-state index contributed by atoms with van der Waals surface area (Å²) >= 11 is 0. The van der Waals surface area contributed by atoms with Crippen LogP contribution < -0.4 is 0 Å². The first-order chi connectivity index (χ1) is 6.97. The van der Waals surface area contributed by atoms with E-state index in [1.165, 1.54) is 20.1 Å². The molecule has 0 unspecified atom stereocenters. The average Bonchev–Trinajstić information content (AvgIpc) is 2.19. The van der Waals surface area contributed by atoms with Gasteiger partial charge in [-0.15, -0.1) is 0 Å². The normalized spacial score (nSPS) is 9.80. The predicted octanol–water partition coefficient (Wildman–Crippen LogP) is 1.18. The van der Waals surface area contributed by atoms with Crippen LogP contribution in [0.4, 0.5) is 0 Å². The third-order valence-electron chi connectivity index (χ3n) is 2.01. The maximum absolute atomic E-state index is 11.2. The molecular formula is C10H11NO4. The van der Waals surface area contributed by atoms with Crippen molar-refractivity contribution in [2.24, 2.45) is 0 Å². The van der Waals surface area contributed by atoms with E-state index in [1.54, 1.807) is 6.92 Å². The van der Waals surface area contributed by atoms with E-state index >= 15 is 0 Å². The molecule has 0 bridgehead atoms. The Bertz CT molecular complexity index is 426. The van der Waals surface area contributed by atoms with Crippen molar-refractivity contribution in [3.63, 3.8) is 0 Å². The van der Waals surface area contributed by atoms with E-state index in [0.29, 0.717) is 11.3 Å². The number of hydrogen-bond acceptors (Lipinski definition) is 4. The quantitative estimate of drug-likeness (QED) is 0.740. The fraction of sp³-hybridized carbons (Fsp3) is 0.300. The fourth-order valence-corrected chi connectivity index (χ4v) is 1.23. The summed E-state index contributed by atoms with van der Waals surface area (Å²) < 4.78 is 4.52. The van der Waals surface area contributed by atoms with Crippen LogP contribution in [0.25, 0.3) is 0 Å². The summed E-state index contributed by atoms with van der Waals surface area (Å²) in [5.41, 5.74) is 1.04. The Morgan fingerprint density at radius 1 is 1.40 bits per heavy atom. The first-order valence-electron chi connectivity index (χ1n) is 4.27. The molecule has 0 saturated heterocycles. The summed E-state index contributed by atoms with van der Waals surface area (Å²) in [6.45, 7) is 3.15. The van der Waals surface area contributed by atoms with Gasteiger partial charge in [-0.05, 0) is 25.5 Å². The third-order valence-corrected chi connectivity index (χ3v) is 2.01. The minimum absolute atomic E-state index is 0.0974.